The lowest BCUT2D eigenvalue weighted by atomic mass is 10.00. The molecule has 0 spiro atoms. The molecule has 0 heterocycles. The SMILES string of the molecule is NC1(C(=O)O)CCC(Oc2ccccc2[N+](=O)[O-])C1. The summed E-state index contributed by atoms with van der Waals surface area (Å²) in [5.74, 6) is -0.923. The second kappa shape index (κ2) is 4.85. The van der Waals surface area contributed by atoms with Gasteiger partial charge in [-0.3, -0.25) is 14.9 Å². The minimum absolute atomic E-state index is 0.132. The van der Waals surface area contributed by atoms with Gasteiger partial charge in [-0.05, 0) is 18.9 Å². The van der Waals surface area contributed by atoms with E-state index in [4.69, 9.17) is 15.6 Å². The molecule has 7 heteroatoms. The van der Waals surface area contributed by atoms with E-state index in [9.17, 15) is 14.9 Å². The summed E-state index contributed by atoms with van der Waals surface area (Å²) in [6.45, 7) is 0. The molecule has 102 valence electrons. The topological polar surface area (TPSA) is 116 Å². The van der Waals surface area contributed by atoms with E-state index in [1.807, 2.05) is 0 Å². The van der Waals surface area contributed by atoms with Gasteiger partial charge in [-0.15, -0.1) is 0 Å². The van der Waals surface area contributed by atoms with Crippen molar-refractivity contribution in [3.63, 3.8) is 0 Å². The molecule has 0 aromatic heterocycles. The summed E-state index contributed by atoms with van der Waals surface area (Å²) in [5.41, 5.74) is 4.30. The summed E-state index contributed by atoms with van der Waals surface area (Å²) in [4.78, 5) is 21.3. The number of hydrogen-bond acceptors (Lipinski definition) is 5. The van der Waals surface area contributed by atoms with E-state index in [0.29, 0.717) is 12.8 Å². The van der Waals surface area contributed by atoms with Crippen molar-refractivity contribution in [3.8, 4) is 5.75 Å². The first-order valence-electron chi connectivity index (χ1n) is 5.85. The van der Waals surface area contributed by atoms with E-state index in [2.05, 4.69) is 0 Å². The monoisotopic (exact) mass is 266 g/mol. The second-order valence-electron chi connectivity index (χ2n) is 4.67. The van der Waals surface area contributed by atoms with Gasteiger partial charge < -0.3 is 15.6 Å². The zero-order chi connectivity index (χ0) is 14.0. The van der Waals surface area contributed by atoms with E-state index in [-0.39, 0.29) is 17.9 Å². The van der Waals surface area contributed by atoms with Crippen LogP contribution in [0.4, 0.5) is 5.69 Å². The van der Waals surface area contributed by atoms with Gasteiger partial charge in [0.15, 0.2) is 5.75 Å². The fourth-order valence-corrected chi connectivity index (χ4v) is 2.21. The Hall–Kier alpha value is -2.15. The predicted molar refractivity (Wildman–Crippen MR) is 65.9 cm³/mol. The van der Waals surface area contributed by atoms with Gasteiger partial charge in [0.25, 0.3) is 0 Å². The third-order valence-electron chi connectivity index (χ3n) is 3.29. The highest BCUT2D eigenvalue weighted by Gasteiger charge is 2.43. The molecule has 1 saturated carbocycles. The molecule has 1 aromatic rings. The van der Waals surface area contributed by atoms with E-state index in [1.165, 1.54) is 12.1 Å². The molecule has 2 unspecified atom stereocenters. The van der Waals surface area contributed by atoms with Crippen LogP contribution < -0.4 is 10.5 Å². The van der Waals surface area contributed by atoms with Crippen molar-refractivity contribution < 1.29 is 19.6 Å². The first-order chi connectivity index (χ1) is 8.92. The first-order valence-corrected chi connectivity index (χ1v) is 5.85. The molecule has 1 fully saturated rings. The van der Waals surface area contributed by atoms with Crippen LogP contribution in [0.25, 0.3) is 0 Å². The number of para-hydroxylation sites is 2. The molecular weight excluding hydrogens is 252 g/mol. The van der Waals surface area contributed by atoms with E-state index in [0.717, 1.165) is 0 Å². The van der Waals surface area contributed by atoms with Gasteiger partial charge in [-0.2, -0.15) is 0 Å². The number of nitrogens with zero attached hydrogens (tertiary/aromatic N) is 1. The standard InChI is InChI=1S/C12H14N2O5/c13-12(11(15)16)6-5-8(7-12)19-10-4-2-1-3-9(10)14(17)18/h1-4,8H,5-7,13H2,(H,15,16). The third kappa shape index (κ3) is 2.65. The van der Waals surface area contributed by atoms with Crippen molar-refractivity contribution in [3.05, 3.63) is 34.4 Å². The molecule has 0 radical (unpaired) electrons. The highest BCUT2D eigenvalue weighted by Crippen LogP contribution is 2.34. The number of nitrogens with two attached hydrogens (primary N) is 1. The van der Waals surface area contributed by atoms with E-state index < -0.39 is 22.5 Å². The molecule has 3 N–H and O–H groups in total. The summed E-state index contributed by atoms with van der Waals surface area (Å²) in [6.07, 6.45) is 0.499. The Morgan fingerprint density at radius 1 is 1.53 bits per heavy atom. The summed E-state index contributed by atoms with van der Waals surface area (Å²) in [7, 11) is 0. The number of benzene rings is 1. The Bertz CT molecular complexity index is 519. The van der Waals surface area contributed by atoms with Gasteiger partial charge in [-0.25, -0.2) is 0 Å². The van der Waals surface area contributed by atoms with Gasteiger partial charge in [-0.1, -0.05) is 12.1 Å². The number of carboxylic acid groups (broad SMARTS) is 1. The largest absolute Gasteiger partial charge is 0.483 e. The van der Waals surface area contributed by atoms with Gasteiger partial charge in [0.1, 0.15) is 11.6 Å². The Balaban J connectivity index is 2.12. The van der Waals surface area contributed by atoms with Crippen molar-refractivity contribution >= 4 is 11.7 Å². The molecule has 0 amide bonds. The van der Waals surface area contributed by atoms with Crippen molar-refractivity contribution in [1.82, 2.24) is 0 Å². The molecule has 0 bridgehead atoms. The zero-order valence-electron chi connectivity index (χ0n) is 10.1. The van der Waals surface area contributed by atoms with Crippen LogP contribution in [0, 0.1) is 10.1 Å². The average molecular weight is 266 g/mol. The highest BCUT2D eigenvalue weighted by atomic mass is 16.6. The summed E-state index contributed by atoms with van der Waals surface area (Å²) in [6, 6.07) is 6.01. The molecule has 1 aliphatic carbocycles. The molecule has 2 atom stereocenters. The maximum atomic E-state index is 11.0. The average Bonchev–Trinajstić information content (AvgIpc) is 2.73. The minimum Gasteiger partial charge on any atom is -0.483 e. The number of hydrogen-bond donors (Lipinski definition) is 2. The number of nitro groups is 1. The van der Waals surface area contributed by atoms with Gasteiger partial charge in [0.05, 0.1) is 4.92 Å². The van der Waals surface area contributed by atoms with E-state index in [1.54, 1.807) is 12.1 Å². The maximum Gasteiger partial charge on any atom is 0.323 e. The molecule has 0 aliphatic heterocycles. The van der Waals surface area contributed by atoms with Crippen molar-refractivity contribution in [1.29, 1.82) is 0 Å². The lowest BCUT2D eigenvalue weighted by molar-refractivity contribution is -0.386. The molecule has 2 rings (SSSR count). The molecule has 1 aliphatic rings. The fraction of sp³-hybridized carbons (Fsp3) is 0.417. The smallest absolute Gasteiger partial charge is 0.323 e. The van der Waals surface area contributed by atoms with Crippen LogP contribution in [0.3, 0.4) is 0 Å². The lowest BCUT2D eigenvalue weighted by Gasteiger charge is -2.18. The van der Waals surface area contributed by atoms with Crippen molar-refractivity contribution in [2.24, 2.45) is 5.73 Å². The number of ether oxygens (including phenoxy) is 1. The van der Waals surface area contributed by atoms with Crippen LogP contribution in [0.2, 0.25) is 0 Å². The van der Waals surface area contributed by atoms with Crippen LogP contribution in [-0.2, 0) is 4.79 Å². The van der Waals surface area contributed by atoms with Crippen LogP contribution in [0.15, 0.2) is 24.3 Å². The Labute approximate surface area is 109 Å². The van der Waals surface area contributed by atoms with Crippen LogP contribution in [0.5, 0.6) is 5.75 Å². The second-order valence-corrected chi connectivity index (χ2v) is 4.67. The Kier molecular flexibility index (Phi) is 3.39. The van der Waals surface area contributed by atoms with Gasteiger partial charge in [0, 0.05) is 12.5 Å². The quantitative estimate of drug-likeness (QED) is 0.627. The zero-order valence-corrected chi connectivity index (χ0v) is 10.1. The summed E-state index contributed by atoms with van der Waals surface area (Å²) >= 11 is 0. The molecular formula is C12H14N2O5. The number of rotatable bonds is 4. The number of carbonyl (C=O) groups is 1. The fourth-order valence-electron chi connectivity index (χ4n) is 2.21. The Morgan fingerprint density at radius 3 is 2.79 bits per heavy atom. The van der Waals surface area contributed by atoms with E-state index >= 15 is 0 Å². The summed E-state index contributed by atoms with van der Waals surface area (Å²) in [5, 5.41) is 19.8. The van der Waals surface area contributed by atoms with Gasteiger partial charge in [0.2, 0.25) is 0 Å². The highest BCUT2D eigenvalue weighted by molar-refractivity contribution is 5.79. The van der Waals surface area contributed by atoms with Crippen molar-refractivity contribution in [2.45, 2.75) is 30.9 Å². The number of nitro benzene ring substituents is 1. The predicted octanol–water partition coefficient (Wildman–Crippen LogP) is 1.31. The van der Waals surface area contributed by atoms with Crippen molar-refractivity contribution in [2.75, 3.05) is 0 Å². The lowest BCUT2D eigenvalue weighted by Crippen LogP contribution is -2.46. The molecule has 1 aromatic carbocycles. The van der Waals surface area contributed by atoms with Gasteiger partial charge >= 0.3 is 11.7 Å². The minimum atomic E-state index is -1.30. The molecule has 19 heavy (non-hydrogen) atoms. The first kappa shape index (κ1) is 13.3. The molecule has 0 saturated heterocycles. The third-order valence-corrected chi connectivity index (χ3v) is 3.29. The molecule has 7 nitrogen and oxygen atoms in total. The number of aliphatic carboxylic acids is 1. The normalized spacial score (nSPS) is 26.1. The van der Waals surface area contributed by atoms with Crippen LogP contribution in [-0.4, -0.2) is 27.6 Å². The summed E-state index contributed by atoms with van der Waals surface area (Å²) < 4.78 is 5.53. The van der Waals surface area contributed by atoms with Crippen LogP contribution in [0.1, 0.15) is 19.3 Å². The number of carboxylic acids is 1. The Morgan fingerprint density at radius 2 is 2.21 bits per heavy atom. The van der Waals surface area contributed by atoms with Crippen LogP contribution >= 0.6 is 0 Å². The maximum absolute atomic E-state index is 11.0.